The number of carboxylic acid groups (broad SMARTS) is 1. The Hall–Kier alpha value is -3.20. The van der Waals surface area contributed by atoms with Gasteiger partial charge in [0.15, 0.2) is 0 Å². The van der Waals surface area contributed by atoms with Gasteiger partial charge in [0.05, 0.1) is 16.5 Å². The minimum Gasteiger partial charge on any atom is -0.478 e. The number of aromatic nitrogens is 4. The van der Waals surface area contributed by atoms with Crippen molar-refractivity contribution in [1.29, 1.82) is 0 Å². The average molecular weight is 381 g/mol. The number of benzene rings is 2. The van der Waals surface area contributed by atoms with Crippen molar-refractivity contribution in [3.05, 3.63) is 59.7 Å². The van der Waals surface area contributed by atoms with Gasteiger partial charge in [-0.25, -0.2) is 4.79 Å². The van der Waals surface area contributed by atoms with E-state index in [2.05, 4.69) is 20.8 Å². The van der Waals surface area contributed by atoms with Crippen molar-refractivity contribution in [1.82, 2.24) is 20.2 Å². The molecule has 0 saturated carbocycles. The lowest BCUT2D eigenvalue weighted by atomic mass is 10.1. The number of carbonyl (C=O) groups excluding carboxylic acids is 1. The number of para-hydroxylation sites is 1. The molecule has 2 heterocycles. The van der Waals surface area contributed by atoms with Crippen LogP contribution in [-0.2, 0) is 11.2 Å². The highest BCUT2D eigenvalue weighted by molar-refractivity contribution is 8.00. The van der Waals surface area contributed by atoms with Crippen LogP contribution in [0.5, 0.6) is 0 Å². The number of thioether (sulfide) groups is 1. The fraction of sp³-hybridized carbons (Fsp3) is 0.167. The molecule has 4 rings (SSSR count). The molecule has 1 aliphatic heterocycles. The first-order valence-corrected chi connectivity index (χ1v) is 9.17. The van der Waals surface area contributed by atoms with Crippen molar-refractivity contribution in [2.75, 3.05) is 5.32 Å². The van der Waals surface area contributed by atoms with Gasteiger partial charge in [-0.05, 0) is 59.2 Å². The van der Waals surface area contributed by atoms with Gasteiger partial charge in [-0.3, -0.25) is 4.79 Å². The summed E-state index contributed by atoms with van der Waals surface area (Å²) in [5, 5.41) is 23.8. The van der Waals surface area contributed by atoms with E-state index in [0.717, 1.165) is 17.7 Å². The van der Waals surface area contributed by atoms with Crippen molar-refractivity contribution in [3.63, 3.8) is 0 Å². The van der Waals surface area contributed by atoms with Crippen LogP contribution in [0.3, 0.4) is 0 Å². The molecule has 1 amide bonds. The van der Waals surface area contributed by atoms with Crippen LogP contribution >= 0.6 is 11.8 Å². The number of anilines is 1. The third-order valence-electron chi connectivity index (χ3n) is 4.29. The van der Waals surface area contributed by atoms with Gasteiger partial charge in [0, 0.05) is 5.69 Å². The van der Waals surface area contributed by atoms with Gasteiger partial charge < -0.3 is 10.4 Å². The Bertz CT molecular complexity index is 1000. The second kappa shape index (κ2) is 7.20. The number of hydrogen-bond acceptors (Lipinski definition) is 6. The number of carboxylic acids is 1. The van der Waals surface area contributed by atoms with Gasteiger partial charge in [0.25, 0.3) is 0 Å². The molecule has 0 radical (unpaired) electrons. The number of carbonyl (C=O) groups is 2. The van der Waals surface area contributed by atoms with E-state index in [1.54, 1.807) is 12.1 Å². The van der Waals surface area contributed by atoms with Crippen LogP contribution in [0.4, 0.5) is 5.69 Å². The second-order valence-corrected chi connectivity index (χ2v) is 7.19. The Labute approximate surface area is 158 Å². The number of nitrogens with one attached hydrogen (secondary N) is 1. The summed E-state index contributed by atoms with van der Waals surface area (Å²) < 4.78 is 1.50. The van der Waals surface area contributed by atoms with Gasteiger partial charge in [0.1, 0.15) is 0 Å². The number of nitrogens with zero attached hydrogens (tertiary/aromatic N) is 4. The summed E-state index contributed by atoms with van der Waals surface area (Å²) in [5.41, 5.74) is 2.76. The zero-order chi connectivity index (χ0) is 18.8. The maximum atomic E-state index is 12.6. The minimum absolute atomic E-state index is 0.0827. The molecule has 0 saturated heterocycles. The van der Waals surface area contributed by atoms with Crippen LogP contribution in [0.25, 0.3) is 5.69 Å². The predicted molar refractivity (Wildman–Crippen MR) is 99.2 cm³/mol. The molecular formula is C18H15N5O3S. The van der Waals surface area contributed by atoms with Crippen LogP contribution in [0.1, 0.15) is 22.3 Å². The molecule has 0 aliphatic carbocycles. The molecule has 1 aromatic heterocycles. The summed E-state index contributed by atoms with van der Waals surface area (Å²) in [7, 11) is 0. The van der Waals surface area contributed by atoms with Gasteiger partial charge >= 0.3 is 5.97 Å². The van der Waals surface area contributed by atoms with Crippen molar-refractivity contribution < 1.29 is 14.7 Å². The van der Waals surface area contributed by atoms with Crippen LogP contribution in [0, 0.1) is 0 Å². The molecule has 1 aliphatic rings. The summed E-state index contributed by atoms with van der Waals surface area (Å²) in [6.45, 7) is 0. The van der Waals surface area contributed by atoms with E-state index >= 15 is 0 Å². The third kappa shape index (κ3) is 3.54. The molecule has 0 fully saturated rings. The standard InChI is InChI=1S/C18H15N5O3S/c24-16-15(10-7-11-3-1-2-4-14(11)19-16)27-18-20-21-22-23(18)13-8-5-12(6-9-13)17(25)26/h1-6,8-9,15H,7,10H2,(H,19,24)(H,25,26)/t15-/m0/s1. The van der Waals surface area contributed by atoms with E-state index in [-0.39, 0.29) is 16.7 Å². The van der Waals surface area contributed by atoms with Crippen molar-refractivity contribution in [2.24, 2.45) is 0 Å². The Balaban J connectivity index is 1.55. The lowest BCUT2D eigenvalue weighted by Gasteiger charge is -2.12. The molecule has 136 valence electrons. The molecule has 2 aromatic carbocycles. The molecule has 9 heteroatoms. The molecule has 0 bridgehead atoms. The highest BCUT2D eigenvalue weighted by atomic mass is 32.2. The van der Waals surface area contributed by atoms with Gasteiger partial charge in [-0.2, -0.15) is 4.68 Å². The normalized spacial score (nSPS) is 16.3. The van der Waals surface area contributed by atoms with E-state index < -0.39 is 5.97 Å². The number of tetrazole rings is 1. The summed E-state index contributed by atoms with van der Waals surface area (Å²) in [4.78, 5) is 23.6. The van der Waals surface area contributed by atoms with E-state index in [9.17, 15) is 9.59 Å². The lowest BCUT2D eigenvalue weighted by Crippen LogP contribution is -2.24. The van der Waals surface area contributed by atoms with E-state index in [0.29, 0.717) is 17.3 Å². The Morgan fingerprint density at radius 2 is 1.96 bits per heavy atom. The largest absolute Gasteiger partial charge is 0.478 e. The third-order valence-corrected chi connectivity index (χ3v) is 5.49. The summed E-state index contributed by atoms with van der Waals surface area (Å²) in [6, 6.07) is 14.0. The smallest absolute Gasteiger partial charge is 0.335 e. The van der Waals surface area contributed by atoms with Crippen LogP contribution in [-0.4, -0.2) is 42.4 Å². The molecular weight excluding hydrogens is 366 g/mol. The molecule has 0 unspecified atom stereocenters. The minimum atomic E-state index is -0.998. The zero-order valence-electron chi connectivity index (χ0n) is 14.1. The quantitative estimate of drug-likeness (QED) is 0.714. The molecule has 1 atom stereocenters. The first kappa shape index (κ1) is 17.2. The van der Waals surface area contributed by atoms with Gasteiger partial charge in [0.2, 0.25) is 11.1 Å². The molecule has 8 nitrogen and oxygen atoms in total. The molecule has 0 spiro atoms. The maximum absolute atomic E-state index is 12.6. The first-order chi connectivity index (χ1) is 13.1. The van der Waals surface area contributed by atoms with Crippen molar-refractivity contribution in [2.45, 2.75) is 23.2 Å². The monoisotopic (exact) mass is 381 g/mol. The Morgan fingerprint density at radius 3 is 2.74 bits per heavy atom. The number of hydrogen-bond donors (Lipinski definition) is 2. The average Bonchev–Trinajstić information content (AvgIpc) is 3.07. The Morgan fingerprint density at radius 1 is 1.19 bits per heavy atom. The fourth-order valence-electron chi connectivity index (χ4n) is 2.89. The summed E-state index contributed by atoms with van der Waals surface area (Å²) in [5.74, 6) is -1.08. The van der Waals surface area contributed by atoms with Crippen LogP contribution in [0.2, 0.25) is 0 Å². The van der Waals surface area contributed by atoms with E-state index in [1.165, 1.54) is 28.6 Å². The Kier molecular flexibility index (Phi) is 4.59. The highest BCUT2D eigenvalue weighted by Crippen LogP contribution is 2.31. The number of amides is 1. The SMILES string of the molecule is O=C(O)c1ccc(-n2nnnc2S[C@H]2CCc3ccccc3NC2=O)cc1. The number of aryl methyl sites for hydroxylation is 1. The van der Waals surface area contributed by atoms with Gasteiger partial charge in [-0.1, -0.05) is 30.0 Å². The first-order valence-electron chi connectivity index (χ1n) is 8.29. The fourth-order valence-corrected chi connectivity index (χ4v) is 3.87. The van der Waals surface area contributed by atoms with Crippen molar-refractivity contribution >= 4 is 29.3 Å². The summed E-state index contributed by atoms with van der Waals surface area (Å²) >= 11 is 1.29. The molecule has 2 N–H and O–H groups in total. The van der Waals surface area contributed by atoms with Crippen LogP contribution < -0.4 is 5.32 Å². The summed E-state index contributed by atoms with van der Waals surface area (Å²) in [6.07, 6.45) is 1.44. The molecule has 3 aromatic rings. The zero-order valence-corrected chi connectivity index (χ0v) is 14.9. The lowest BCUT2D eigenvalue weighted by molar-refractivity contribution is -0.115. The number of aromatic carboxylic acids is 1. The number of rotatable bonds is 4. The van der Waals surface area contributed by atoms with E-state index in [4.69, 9.17) is 5.11 Å². The van der Waals surface area contributed by atoms with E-state index in [1.807, 2.05) is 24.3 Å². The topological polar surface area (TPSA) is 110 Å². The second-order valence-electron chi connectivity index (χ2n) is 6.02. The predicted octanol–water partition coefficient (Wildman–Crippen LogP) is 2.41. The van der Waals surface area contributed by atoms with Crippen LogP contribution in [0.15, 0.2) is 53.7 Å². The maximum Gasteiger partial charge on any atom is 0.335 e. The molecule has 27 heavy (non-hydrogen) atoms. The highest BCUT2D eigenvalue weighted by Gasteiger charge is 2.27. The van der Waals surface area contributed by atoms with Gasteiger partial charge in [-0.15, -0.1) is 5.10 Å². The number of fused-ring (bicyclic) bond motifs is 1. The van der Waals surface area contributed by atoms with Crippen molar-refractivity contribution in [3.8, 4) is 5.69 Å².